The molecule has 0 amide bonds. The van der Waals surface area contributed by atoms with E-state index in [0.717, 1.165) is 28.7 Å². The number of rotatable bonds is 9. The molecule has 122 valence electrons. The lowest BCUT2D eigenvalue weighted by atomic mass is 10.1. The quantitative estimate of drug-likeness (QED) is 0.678. The third-order valence-corrected chi connectivity index (χ3v) is 6.09. The lowest BCUT2D eigenvalue weighted by molar-refractivity contribution is 0.521. The van der Waals surface area contributed by atoms with Crippen LogP contribution in [0.1, 0.15) is 46.0 Å². The van der Waals surface area contributed by atoms with E-state index < -0.39 is 10.0 Å². The molecule has 3 N–H and O–H groups in total. The largest absolute Gasteiger partial charge is 0.382 e. The second-order valence-electron chi connectivity index (χ2n) is 5.41. The molecule has 0 saturated heterocycles. The molecule has 8 heteroatoms. The second-order valence-corrected chi connectivity index (χ2v) is 8.27. The van der Waals surface area contributed by atoms with E-state index in [1.165, 1.54) is 33.4 Å². The number of nitrogens with zero attached hydrogens (tertiary/aromatic N) is 2. The fraction of sp³-hybridized carbons (Fsp3) is 0.769. The monoisotopic (exact) mass is 334 g/mol. The number of nitrogen functional groups attached to an aromatic ring is 1. The van der Waals surface area contributed by atoms with Crippen molar-refractivity contribution in [2.24, 2.45) is 0 Å². The van der Waals surface area contributed by atoms with E-state index >= 15 is 0 Å². The van der Waals surface area contributed by atoms with Crippen molar-refractivity contribution >= 4 is 32.4 Å². The maximum absolute atomic E-state index is 12.3. The van der Waals surface area contributed by atoms with E-state index in [1.54, 1.807) is 0 Å². The van der Waals surface area contributed by atoms with Gasteiger partial charge < -0.3 is 11.1 Å². The fourth-order valence-electron chi connectivity index (χ4n) is 1.99. The third kappa shape index (κ3) is 4.82. The average molecular weight is 335 g/mol. The van der Waals surface area contributed by atoms with Gasteiger partial charge in [0.05, 0.1) is 0 Å². The number of hydrogen-bond acceptors (Lipinski definition) is 6. The van der Waals surface area contributed by atoms with Crippen LogP contribution in [0.2, 0.25) is 0 Å². The summed E-state index contributed by atoms with van der Waals surface area (Å²) in [7, 11) is -0.595. The zero-order valence-electron chi connectivity index (χ0n) is 13.2. The SMILES string of the molecule is CCCCCCC(C)Nc1snc(N)c1S(=O)(=O)N(C)C. The number of nitrogens with two attached hydrogens (primary N) is 1. The smallest absolute Gasteiger partial charge is 0.249 e. The van der Waals surface area contributed by atoms with Gasteiger partial charge in [0.25, 0.3) is 0 Å². The van der Waals surface area contributed by atoms with Crippen molar-refractivity contribution in [2.75, 3.05) is 25.1 Å². The summed E-state index contributed by atoms with van der Waals surface area (Å²) in [6, 6.07) is 0.192. The Bertz CT molecular complexity index is 540. The molecule has 1 aromatic heterocycles. The molecule has 0 radical (unpaired) electrons. The van der Waals surface area contributed by atoms with Gasteiger partial charge in [0.2, 0.25) is 10.0 Å². The van der Waals surface area contributed by atoms with Crippen LogP contribution < -0.4 is 11.1 Å². The number of nitrogens with one attached hydrogen (secondary N) is 1. The Hall–Kier alpha value is -0.860. The van der Waals surface area contributed by atoms with Crippen LogP contribution >= 0.6 is 11.5 Å². The number of sulfonamides is 1. The summed E-state index contributed by atoms with van der Waals surface area (Å²) >= 11 is 1.10. The van der Waals surface area contributed by atoms with Crippen molar-refractivity contribution < 1.29 is 8.42 Å². The molecular formula is C13H26N4O2S2. The van der Waals surface area contributed by atoms with Crippen molar-refractivity contribution in [3.63, 3.8) is 0 Å². The zero-order chi connectivity index (χ0) is 16.0. The normalized spacial score (nSPS) is 13.6. The Morgan fingerprint density at radius 2 is 2.00 bits per heavy atom. The van der Waals surface area contributed by atoms with Crippen LogP contribution in [-0.2, 0) is 10.0 Å². The van der Waals surface area contributed by atoms with Crippen molar-refractivity contribution in [1.82, 2.24) is 8.68 Å². The van der Waals surface area contributed by atoms with E-state index in [1.807, 2.05) is 6.92 Å². The maximum Gasteiger partial charge on any atom is 0.249 e. The second kappa shape index (κ2) is 7.95. The van der Waals surface area contributed by atoms with Crippen molar-refractivity contribution in [3.8, 4) is 0 Å². The van der Waals surface area contributed by atoms with Gasteiger partial charge in [-0.3, -0.25) is 0 Å². The Kier molecular flexibility index (Phi) is 6.89. The first-order valence-corrected chi connectivity index (χ1v) is 9.46. The fourth-order valence-corrected chi connectivity index (χ4v) is 4.17. The summed E-state index contributed by atoms with van der Waals surface area (Å²) in [6.07, 6.45) is 5.78. The van der Waals surface area contributed by atoms with E-state index in [4.69, 9.17) is 5.73 Å². The van der Waals surface area contributed by atoms with Crippen LogP contribution in [0.4, 0.5) is 10.8 Å². The minimum Gasteiger partial charge on any atom is -0.382 e. The highest BCUT2D eigenvalue weighted by atomic mass is 32.2. The topological polar surface area (TPSA) is 88.3 Å². The molecule has 6 nitrogen and oxygen atoms in total. The molecule has 0 aliphatic carbocycles. The molecule has 1 aromatic rings. The minimum atomic E-state index is -3.58. The molecule has 0 aliphatic heterocycles. The Labute approximate surface area is 131 Å². The van der Waals surface area contributed by atoms with Gasteiger partial charge >= 0.3 is 0 Å². The van der Waals surface area contributed by atoms with Gasteiger partial charge in [0.1, 0.15) is 5.00 Å². The summed E-state index contributed by atoms with van der Waals surface area (Å²) in [4.78, 5) is 0.0953. The van der Waals surface area contributed by atoms with Crippen molar-refractivity contribution in [2.45, 2.75) is 56.9 Å². The third-order valence-electron chi connectivity index (χ3n) is 3.28. The zero-order valence-corrected chi connectivity index (χ0v) is 14.9. The number of unbranched alkanes of at least 4 members (excludes halogenated alkanes) is 3. The molecule has 0 bridgehead atoms. The van der Waals surface area contributed by atoms with Crippen molar-refractivity contribution in [1.29, 1.82) is 0 Å². The first-order valence-electron chi connectivity index (χ1n) is 7.24. The van der Waals surface area contributed by atoms with E-state index in [2.05, 4.69) is 16.6 Å². The van der Waals surface area contributed by atoms with Crippen LogP contribution in [0, 0.1) is 0 Å². The first kappa shape index (κ1) is 18.2. The lowest BCUT2D eigenvalue weighted by Crippen LogP contribution is -2.24. The number of hydrogen-bond donors (Lipinski definition) is 2. The van der Waals surface area contributed by atoms with Gasteiger partial charge in [-0.15, -0.1) is 0 Å². The lowest BCUT2D eigenvalue weighted by Gasteiger charge is -2.16. The standard InChI is InChI=1S/C13H26N4O2S2/c1-5-6-7-8-9-10(2)15-13-11(12(14)16-20-13)21(18,19)17(3)4/h10,15H,5-9H2,1-4H3,(H2,14,16). The van der Waals surface area contributed by atoms with Gasteiger partial charge in [-0.25, -0.2) is 12.7 Å². The van der Waals surface area contributed by atoms with Gasteiger partial charge in [0.15, 0.2) is 10.7 Å². The van der Waals surface area contributed by atoms with Crippen LogP contribution in [0.25, 0.3) is 0 Å². The van der Waals surface area contributed by atoms with Crippen LogP contribution in [-0.4, -0.2) is 37.2 Å². The summed E-state index contributed by atoms with van der Waals surface area (Å²) in [5, 5.41) is 3.77. The van der Waals surface area contributed by atoms with Crippen LogP contribution in [0.3, 0.4) is 0 Å². The first-order chi connectivity index (χ1) is 9.80. The molecule has 0 aliphatic rings. The Morgan fingerprint density at radius 1 is 1.33 bits per heavy atom. The summed E-state index contributed by atoms with van der Waals surface area (Å²) < 4.78 is 29.7. The van der Waals surface area contributed by atoms with Gasteiger partial charge in [0, 0.05) is 20.1 Å². The van der Waals surface area contributed by atoms with Gasteiger partial charge in [-0.1, -0.05) is 32.6 Å². The highest BCUT2D eigenvalue weighted by molar-refractivity contribution is 7.89. The summed E-state index contributed by atoms with van der Waals surface area (Å²) in [5.41, 5.74) is 5.73. The molecular weight excluding hydrogens is 308 g/mol. The maximum atomic E-state index is 12.3. The van der Waals surface area contributed by atoms with Crippen LogP contribution in [0.15, 0.2) is 4.90 Å². The van der Waals surface area contributed by atoms with Crippen LogP contribution in [0.5, 0.6) is 0 Å². The minimum absolute atomic E-state index is 0.0642. The molecule has 0 aromatic carbocycles. The van der Waals surface area contributed by atoms with E-state index in [0.29, 0.717) is 5.00 Å². The van der Waals surface area contributed by atoms with Crippen molar-refractivity contribution in [3.05, 3.63) is 0 Å². The Balaban J connectivity index is 2.77. The molecule has 1 unspecified atom stereocenters. The number of anilines is 2. The molecule has 0 fully saturated rings. The average Bonchev–Trinajstić information content (AvgIpc) is 2.76. The number of aromatic nitrogens is 1. The van der Waals surface area contributed by atoms with E-state index in [9.17, 15) is 8.42 Å². The molecule has 0 spiro atoms. The summed E-state index contributed by atoms with van der Waals surface area (Å²) in [6.45, 7) is 4.23. The highest BCUT2D eigenvalue weighted by Gasteiger charge is 2.28. The molecule has 1 rings (SSSR count). The van der Waals surface area contributed by atoms with Gasteiger partial charge in [-0.05, 0) is 24.9 Å². The Morgan fingerprint density at radius 3 is 2.57 bits per heavy atom. The predicted molar refractivity (Wildman–Crippen MR) is 89.2 cm³/mol. The molecule has 1 heterocycles. The molecule has 0 saturated carbocycles. The highest BCUT2D eigenvalue weighted by Crippen LogP contribution is 2.33. The molecule has 1 atom stereocenters. The van der Waals surface area contributed by atoms with E-state index in [-0.39, 0.29) is 16.8 Å². The predicted octanol–water partition coefficient (Wildman–Crippen LogP) is 2.75. The summed E-state index contributed by atoms with van der Waals surface area (Å²) in [5.74, 6) is 0.0642. The van der Waals surface area contributed by atoms with Gasteiger partial charge in [-0.2, -0.15) is 4.37 Å². The molecule has 21 heavy (non-hydrogen) atoms.